The van der Waals surface area contributed by atoms with Gasteiger partial charge in [-0.05, 0) is 32.6 Å². The summed E-state index contributed by atoms with van der Waals surface area (Å²) in [5.41, 5.74) is 1.49. The first kappa shape index (κ1) is 14.9. The van der Waals surface area contributed by atoms with E-state index in [0.717, 1.165) is 18.7 Å². The number of likely N-dealkylation sites (N-methyl/N-ethyl adjacent to an activating group) is 1. The lowest BCUT2D eigenvalue weighted by atomic mass is 10.1. The third-order valence-electron chi connectivity index (χ3n) is 3.65. The summed E-state index contributed by atoms with van der Waals surface area (Å²) in [5, 5.41) is 9.89. The molecule has 1 aromatic heterocycles. The molecule has 0 saturated carbocycles. The molecule has 5 heteroatoms. The fourth-order valence-corrected chi connectivity index (χ4v) is 2.70. The van der Waals surface area contributed by atoms with Crippen LogP contribution in [0.5, 0.6) is 0 Å². The highest BCUT2D eigenvalue weighted by Gasteiger charge is 2.31. The van der Waals surface area contributed by atoms with Crippen LogP contribution >= 0.6 is 0 Å². The van der Waals surface area contributed by atoms with E-state index in [4.69, 9.17) is 0 Å². The minimum Gasteiger partial charge on any atom is -0.391 e. The van der Waals surface area contributed by atoms with Crippen molar-refractivity contribution in [2.45, 2.75) is 31.9 Å². The quantitative estimate of drug-likeness (QED) is 0.819. The third-order valence-corrected chi connectivity index (χ3v) is 3.65. The standard InChI is InChI=1S/C15H23N3O2/c1-4-15(20)14-6-5-11(8-16-14)18-10-13(19)7-12(18)9-17(2)3/h5-6,8,12-13,19H,4,7,9-10H2,1-3H3. The molecule has 0 bridgehead atoms. The number of hydrogen-bond acceptors (Lipinski definition) is 5. The Kier molecular flexibility index (Phi) is 4.73. The van der Waals surface area contributed by atoms with Gasteiger partial charge in [-0.15, -0.1) is 0 Å². The summed E-state index contributed by atoms with van der Waals surface area (Å²) in [5.74, 6) is 0.0582. The number of rotatable bonds is 5. The number of aliphatic hydroxyl groups excluding tert-OH is 1. The van der Waals surface area contributed by atoms with Gasteiger partial charge in [0.25, 0.3) is 0 Å². The van der Waals surface area contributed by atoms with Crippen molar-refractivity contribution in [3.63, 3.8) is 0 Å². The Hall–Kier alpha value is -1.46. The molecule has 5 nitrogen and oxygen atoms in total. The molecule has 1 aromatic rings. The predicted octanol–water partition coefficient (Wildman–Crippen LogP) is 1.18. The van der Waals surface area contributed by atoms with Crippen molar-refractivity contribution >= 4 is 11.5 Å². The van der Waals surface area contributed by atoms with Gasteiger partial charge in [-0.2, -0.15) is 0 Å². The van der Waals surface area contributed by atoms with Gasteiger partial charge in [0, 0.05) is 25.6 Å². The second-order valence-electron chi connectivity index (χ2n) is 5.64. The summed E-state index contributed by atoms with van der Waals surface area (Å²) >= 11 is 0. The number of β-amino-alcohol motifs (C(OH)–C–C–N with tert-alkyl or cyclic N) is 1. The van der Waals surface area contributed by atoms with Gasteiger partial charge in [-0.1, -0.05) is 6.92 Å². The smallest absolute Gasteiger partial charge is 0.180 e. The number of carbonyl (C=O) groups is 1. The molecule has 0 aromatic carbocycles. The number of hydrogen-bond donors (Lipinski definition) is 1. The average molecular weight is 277 g/mol. The molecule has 2 rings (SSSR count). The lowest BCUT2D eigenvalue weighted by molar-refractivity contribution is 0.0983. The maximum atomic E-state index is 11.6. The predicted molar refractivity (Wildman–Crippen MR) is 79.2 cm³/mol. The van der Waals surface area contributed by atoms with Crippen LogP contribution in [0.4, 0.5) is 5.69 Å². The van der Waals surface area contributed by atoms with Crippen molar-refractivity contribution in [3.8, 4) is 0 Å². The number of nitrogens with zero attached hydrogens (tertiary/aromatic N) is 3. The van der Waals surface area contributed by atoms with Gasteiger partial charge in [0.15, 0.2) is 5.78 Å². The van der Waals surface area contributed by atoms with E-state index in [2.05, 4.69) is 14.8 Å². The van der Waals surface area contributed by atoms with Crippen molar-refractivity contribution in [1.82, 2.24) is 9.88 Å². The van der Waals surface area contributed by atoms with E-state index in [-0.39, 0.29) is 17.9 Å². The van der Waals surface area contributed by atoms with Gasteiger partial charge in [0.2, 0.25) is 0 Å². The number of ketones is 1. The zero-order chi connectivity index (χ0) is 14.7. The minimum absolute atomic E-state index is 0.0582. The Morgan fingerprint density at radius 2 is 2.25 bits per heavy atom. The fourth-order valence-electron chi connectivity index (χ4n) is 2.70. The molecule has 0 aliphatic carbocycles. The first-order chi connectivity index (χ1) is 9.51. The molecule has 0 amide bonds. The van der Waals surface area contributed by atoms with Gasteiger partial charge < -0.3 is 14.9 Å². The molecule has 1 N–H and O–H groups in total. The van der Waals surface area contributed by atoms with Gasteiger partial charge in [0.05, 0.1) is 18.0 Å². The highest BCUT2D eigenvalue weighted by atomic mass is 16.3. The van der Waals surface area contributed by atoms with Crippen LogP contribution in [0.1, 0.15) is 30.3 Å². The summed E-state index contributed by atoms with van der Waals surface area (Å²) in [6.45, 7) is 3.36. The van der Waals surface area contributed by atoms with E-state index in [1.807, 2.05) is 27.1 Å². The van der Waals surface area contributed by atoms with E-state index in [1.54, 1.807) is 12.3 Å². The van der Waals surface area contributed by atoms with Crippen molar-refractivity contribution in [2.75, 3.05) is 32.1 Å². The molecule has 1 fully saturated rings. The van der Waals surface area contributed by atoms with Crippen LogP contribution < -0.4 is 4.90 Å². The molecule has 2 unspecified atom stereocenters. The van der Waals surface area contributed by atoms with Gasteiger partial charge >= 0.3 is 0 Å². The number of anilines is 1. The number of aliphatic hydroxyl groups is 1. The third kappa shape index (κ3) is 3.35. The van der Waals surface area contributed by atoms with E-state index in [1.165, 1.54) is 0 Å². The first-order valence-corrected chi connectivity index (χ1v) is 7.10. The number of pyridine rings is 1. The second-order valence-corrected chi connectivity index (χ2v) is 5.64. The summed E-state index contributed by atoms with van der Waals surface area (Å²) < 4.78 is 0. The summed E-state index contributed by atoms with van der Waals surface area (Å²) in [6, 6.07) is 3.99. The Morgan fingerprint density at radius 3 is 2.80 bits per heavy atom. The van der Waals surface area contributed by atoms with Crippen LogP contribution in [0.3, 0.4) is 0 Å². The van der Waals surface area contributed by atoms with Crippen LogP contribution in [-0.2, 0) is 0 Å². The van der Waals surface area contributed by atoms with E-state index in [9.17, 15) is 9.90 Å². The molecular formula is C15H23N3O2. The lowest BCUT2D eigenvalue weighted by Crippen LogP contribution is -2.37. The molecule has 20 heavy (non-hydrogen) atoms. The van der Waals surface area contributed by atoms with Crippen LogP contribution in [0.15, 0.2) is 18.3 Å². The van der Waals surface area contributed by atoms with Crippen molar-refractivity contribution < 1.29 is 9.90 Å². The summed E-state index contributed by atoms with van der Waals surface area (Å²) in [4.78, 5) is 20.1. The zero-order valence-corrected chi connectivity index (χ0v) is 12.4. The van der Waals surface area contributed by atoms with Crippen LogP contribution in [0.2, 0.25) is 0 Å². The lowest BCUT2D eigenvalue weighted by Gasteiger charge is -2.28. The Labute approximate surface area is 120 Å². The van der Waals surface area contributed by atoms with Gasteiger partial charge in [0.1, 0.15) is 5.69 Å². The SMILES string of the molecule is CCC(=O)c1ccc(N2CC(O)CC2CN(C)C)cn1. The van der Waals surface area contributed by atoms with E-state index < -0.39 is 0 Å². The Morgan fingerprint density at radius 1 is 1.50 bits per heavy atom. The monoisotopic (exact) mass is 277 g/mol. The van der Waals surface area contributed by atoms with E-state index >= 15 is 0 Å². The maximum absolute atomic E-state index is 11.6. The number of carbonyl (C=O) groups excluding carboxylic acids is 1. The largest absolute Gasteiger partial charge is 0.391 e. The topological polar surface area (TPSA) is 56.7 Å². The highest BCUT2D eigenvalue weighted by molar-refractivity contribution is 5.94. The zero-order valence-electron chi connectivity index (χ0n) is 12.4. The first-order valence-electron chi connectivity index (χ1n) is 7.10. The average Bonchev–Trinajstić information content (AvgIpc) is 2.78. The summed E-state index contributed by atoms with van der Waals surface area (Å²) in [7, 11) is 4.06. The molecule has 2 atom stereocenters. The van der Waals surface area contributed by atoms with Gasteiger partial charge in [-0.25, -0.2) is 0 Å². The summed E-state index contributed by atoms with van der Waals surface area (Å²) in [6.07, 6.45) is 2.69. The van der Waals surface area contributed by atoms with E-state index in [0.29, 0.717) is 18.7 Å². The molecule has 0 radical (unpaired) electrons. The number of Topliss-reactive ketones (excluding diaryl/α,β-unsaturated/α-hetero) is 1. The minimum atomic E-state index is -0.295. The molecule has 1 aliphatic heterocycles. The van der Waals surface area contributed by atoms with Crippen LogP contribution in [-0.4, -0.2) is 60.1 Å². The van der Waals surface area contributed by atoms with Gasteiger partial charge in [-0.3, -0.25) is 9.78 Å². The van der Waals surface area contributed by atoms with Crippen LogP contribution in [0.25, 0.3) is 0 Å². The molecule has 110 valence electrons. The molecule has 0 spiro atoms. The molecule has 1 saturated heterocycles. The molecular weight excluding hydrogens is 254 g/mol. The maximum Gasteiger partial charge on any atom is 0.180 e. The molecule has 2 heterocycles. The normalized spacial score (nSPS) is 22.6. The van der Waals surface area contributed by atoms with Crippen LogP contribution in [0, 0.1) is 0 Å². The van der Waals surface area contributed by atoms with Crippen molar-refractivity contribution in [1.29, 1.82) is 0 Å². The second kappa shape index (κ2) is 6.33. The van der Waals surface area contributed by atoms with Crippen molar-refractivity contribution in [3.05, 3.63) is 24.0 Å². The fraction of sp³-hybridized carbons (Fsp3) is 0.600. The Balaban J connectivity index is 2.14. The van der Waals surface area contributed by atoms with Crippen molar-refractivity contribution in [2.24, 2.45) is 0 Å². The Bertz CT molecular complexity index is 459. The highest BCUT2D eigenvalue weighted by Crippen LogP contribution is 2.25. The number of aromatic nitrogens is 1. The molecule has 1 aliphatic rings.